The Morgan fingerprint density at radius 3 is 2.31 bits per heavy atom. The van der Waals surface area contributed by atoms with Gasteiger partial charge in [-0.3, -0.25) is 18.7 Å². The summed E-state index contributed by atoms with van der Waals surface area (Å²) < 4.78 is 3.36. The first-order valence-corrected chi connectivity index (χ1v) is 11.0. The number of ketones is 1. The third kappa shape index (κ3) is 3.93. The van der Waals surface area contributed by atoms with Gasteiger partial charge in [-0.1, -0.05) is 60.7 Å². The predicted molar refractivity (Wildman–Crippen MR) is 124 cm³/mol. The number of fused-ring (bicyclic) bond motifs is 1. The van der Waals surface area contributed by atoms with Gasteiger partial charge in [0.1, 0.15) is 6.33 Å². The van der Waals surface area contributed by atoms with Gasteiger partial charge in [-0.2, -0.15) is 4.98 Å². The maximum Gasteiger partial charge on any atom is 0.280 e. The fourth-order valence-electron chi connectivity index (χ4n) is 4.28. The number of hydrogen-bond donors (Lipinski definition) is 0. The molecule has 0 amide bonds. The summed E-state index contributed by atoms with van der Waals surface area (Å²) in [7, 11) is 0. The lowest BCUT2D eigenvalue weighted by atomic mass is 10.1. The monoisotopic (exact) mass is 427 g/mol. The van der Waals surface area contributed by atoms with E-state index in [2.05, 4.69) is 9.88 Å². The molecular formula is C25H25N5O2. The van der Waals surface area contributed by atoms with E-state index in [1.165, 1.54) is 17.3 Å². The highest BCUT2D eigenvalue weighted by molar-refractivity contribution is 5.95. The first-order valence-electron chi connectivity index (χ1n) is 11.0. The standard InChI is InChI=1S/C25H25N5O2/c31-21(20-12-6-2-7-13-20)17-29-18-26-23-22(24(29)32)30(16-19-10-4-1-5-11-19)25(27-23)28-14-8-3-9-15-28/h1-2,4-7,10-13,18H,3,8-9,14-17H2. The molecule has 7 heteroatoms. The van der Waals surface area contributed by atoms with Crippen molar-refractivity contribution in [2.45, 2.75) is 32.4 Å². The summed E-state index contributed by atoms with van der Waals surface area (Å²) in [6, 6.07) is 19.1. The van der Waals surface area contributed by atoms with Crippen molar-refractivity contribution in [3.8, 4) is 0 Å². The van der Waals surface area contributed by atoms with Gasteiger partial charge < -0.3 is 4.90 Å². The number of rotatable bonds is 6. The highest BCUT2D eigenvalue weighted by Crippen LogP contribution is 2.24. The van der Waals surface area contributed by atoms with Crippen LogP contribution < -0.4 is 10.5 Å². The lowest BCUT2D eigenvalue weighted by molar-refractivity contribution is 0.0970. The Balaban J connectivity index is 1.59. The van der Waals surface area contributed by atoms with Crippen LogP contribution in [0.25, 0.3) is 11.2 Å². The molecule has 0 bridgehead atoms. The summed E-state index contributed by atoms with van der Waals surface area (Å²) in [6.07, 6.45) is 4.86. The van der Waals surface area contributed by atoms with E-state index in [9.17, 15) is 9.59 Å². The topological polar surface area (TPSA) is 73.0 Å². The fourth-order valence-corrected chi connectivity index (χ4v) is 4.28. The molecule has 1 fully saturated rings. The van der Waals surface area contributed by atoms with Crippen LogP contribution in [-0.2, 0) is 13.1 Å². The molecule has 162 valence electrons. The number of imidazole rings is 1. The Morgan fingerprint density at radius 1 is 0.906 bits per heavy atom. The maximum absolute atomic E-state index is 13.5. The number of benzene rings is 2. The van der Waals surface area contributed by atoms with Gasteiger partial charge in [0.25, 0.3) is 5.56 Å². The van der Waals surface area contributed by atoms with E-state index >= 15 is 0 Å². The minimum atomic E-state index is -0.244. The third-order valence-electron chi connectivity index (χ3n) is 5.94. The molecule has 0 atom stereocenters. The number of Topliss-reactive ketones (excluding diaryl/α,β-unsaturated/α-hetero) is 1. The van der Waals surface area contributed by atoms with Gasteiger partial charge in [-0.05, 0) is 24.8 Å². The van der Waals surface area contributed by atoms with Crippen LogP contribution in [0.4, 0.5) is 5.95 Å². The molecule has 0 spiro atoms. The van der Waals surface area contributed by atoms with Crippen LogP contribution in [0.3, 0.4) is 0 Å². The van der Waals surface area contributed by atoms with Crippen LogP contribution in [0.2, 0.25) is 0 Å². The summed E-state index contributed by atoms with van der Waals surface area (Å²) in [6.45, 7) is 2.30. The molecule has 0 saturated carbocycles. The fraction of sp³-hybridized carbons (Fsp3) is 0.280. The largest absolute Gasteiger partial charge is 0.342 e. The lowest BCUT2D eigenvalue weighted by Crippen LogP contribution is -2.32. The highest BCUT2D eigenvalue weighted by Gasteiger charge is 2.23. The van der Waals surface area contributed by atoms with Crippen molar-refractivity contribution in [1.82, 2.24) is 19.1 Å². The molecule has 0 radical (unpaired) electrons. The van der Waals surface area contributed by atoms with Crippen molar-refractivity contribution >= 4 is 22.9 Å². The Morgan fingerprint density at radius 2 is 1.59 bits per heavy atom. The molecule has 0 unspecified atom stereocenters. The smallest absolute Gasteiger partial charge is 0.280 e. The Kier molecular flexibility index (Phi) is 5.54. The van der Waals surface area contributed by atoms with E-state index in [1.54, 1.807) is 12.1 Å². The molecule has 4 aromatic rings. The second-order valence-electron chi connectivity index (χ2n) is 8.17. The minimum absolute atomic E-state index is 0.0542. The van der Waals surface area contributed by atoms with Gasteiger partial charge in [0, 0.05) is 18.7 Å². The van der Waals surface area contributed by atoms with E-state index < -0.39 is 0 Å². The number of carbonyl (C=O) groups is 1. The van der Waals surface area contributed by atoms with Crippen LogP contribution in [0.15, 0.2) is 71.8 Å². The first-order chi connectivity index (χ1) is 15.7. The van der Waals surface area contributed by atoms with E-state index in [0.29, 0.717) is 23.3 Å². The van der Waals surface area contributed by atoms with Crippen LogP contribution in [0, 0.1) is 0 Å². The average Bonchev–Trinajstić information content (AvgIpc) is 3.21. The zero-order chi connectivity index (χ0) is 21.9. The van der Waals surface area contributed by atoms with Crippen molar-refractivity contribution in [1.29, 1.82) is 0 Å². The zero-order valence-electron chi connectivity index (χ0n) is 17.9. The molecule has 32 heavy (non-hydrogen) atoms. The van der Waals surface area contributed by atoms with Crippen molar-refractivity contribution < 1.29 is 4.79 Å². The Bertz CT molecular complexity index is 1290. The molecule has 2 aromatic heterocycles. The molecule has 0 N–H and O–H groups in total. The van der Waals surface area contributed by atoms with Crippen LogP contribution in [-0.4, -0.2) is 38.0 Å². The predicted octanol–water partition coefficient (Wildman–Crippen LogP) is 3.51. The maximum atomic E-state index is 13.5. The number of anilines is 1. The average molecular weight is 428 g/mol. The SMILES string of the molecule is O=C(Cn1cnc2nc(N3CCCCC3)n(Cc3ccccc3)c2c1=O)c1ccccc1. The van der Waals surface area contributed by atoms with Gasteiger partial charge in [0.2, 0.25) is 5.95 Å². The Labute approximate surface area is 186 Å². The van der Waals surface area contributed by atoms with Crippen LogP contribution in [0.5, 0.6) is 0 Å². The van der Waals surface area contributed by atoms with E-state index in [-0.39, 0.29) is 17.9 Å². The summed E-state index contributed by atoms with van der Waals surface area (Å²) in [5.41, 5.74) is 2.28. The third-order valence-corrected chi connectivity index (χ3v) is 5.94. The number of carbonyl (C=O) groups excluding carboxylic acids is 1. The molecule has 1 aliphatic heterocycles. The van der Waals surface area contributed by atoms with E-state index in [1.807, 2.05) is 53.1 Å². The van der Waals surface area contributed by atoms with Crippen molar-refractivity contribution in [3.05, 3.63) is 88.5 Å². The molecule has 2 aromatic carbocycles. The van der Waals surface area contributed by atoms with Gasteiger partial charge in [0.15, 0.2) is 16.9 Å². The van der Waals surface area contributed by atoms with E-state index in [0.717, 1.165) is 37.4 Å². The van der Waals surface area contributed by atoms with Gasteiger partial charge in [-0.15, -0.1) is 0 Å². The molecule has 0 aliphatic carbocycles. The minimum Gasteiger partial charge on any atom is -0.342 e. The molecule has 5 rings (SSSR count). The van der Waals surface area contributed by atoms with Crippen LogP contribution >= 0.6 is 0 Å². The highest BCUT2D eigenvalue weighted by atomic mass is 16.1. The number of hydrogen-bond acceptors (Lipinski definition) is 5. The number of aromatic nitrogens is 4. The molecule has 3 heterocycles. The van der Waals surface area contributed by atoms with Crippen molar-refractivity contribution in [3.63, 3.8) is 0 Å². The van der Waals surface area contributed by atoms with Crippen LogP contribution in [0.1, 0.15) is 35.2 Å². The van der Waals surface area contributed by atoms with Gasteiger partial charge in [-0.25, -0.2) is 4.98 Å². The van der Waals surface area contributed by atoms with E-state index in [4.69, 9.17) is 4.98 Å². The molecule has 7 nitrogen and oxygen atoms in total. The number of piperidine rings is 1. The normalized spacial score (nSPS) is 14.1. The molecule has 1 saturated heterocycles. The quantitative estimate of drug-likeness (QED) is 0.440. The Hall–Kier alpha value is -3.74. The lowest BCUT2D eigenvalue weighted by Gasteiger charge is -2.28. The summed E-state index contributed by atoms with van der Waals surface area (Å²) in [5.74, 6) is 0.652. The first kappa shape index (κ1) is 20.2. The summed E-state index contributed by atoms with van der Waals surface area (Å²) in [4.78, 5) is 37.7. The van der Waals surface area contributed by atoms with Gasteiger partial charge in [0.05, 0.1) is 13.1 Å². The van der Waals surface area contributed by atoms with Crippen molar-refractivity contribution in [2.75, 3.05) is 18.0 Å². The van der Waals surface area contributed by atoms with Gasteiger partial charge >= 0.3 is 0 Å². The second-order valence-corrected chi connectivity index (χ2v) is 8.17. The number of nitrogens with zero attached hydrogens (tertiary/aromatic N) is 5. The zero-order valence-corrected chi connectivity index (χ0v) is 17.9. The molecule has 1 aliphatic rings. The second kappa shape index (κ2) is 8.78. The van der Waals surface area contributed by atoms with Crippen molar-refractivity contribution in [2.24, 2.45) is 0 Å². The summed E-state index contributed by atoms with van der Waals surface area (Å²) in [5, 5.41) is 0. The molecular weight excluding hydrogens is 402 g/mol. The summed E-state index contributed by atoms with van der Waals surface area (Å²) >= 11 is 0.